The SMILES string of the molecule is CCC1C(=O)NC(C)(CC)C(=O)N1CC1CCCOC1. The molecule has 3 unspecified atom stereocenters. The van der Waals surface area contributed by atoms with Crippen LogP contribution in [0.15, 0.2) is 0 Å². The summed E-state index contributed by atoms with van der Waals surface area (Å²) in [5.74, 6) is 0.388. The van der Waals surface area contributed by atoms with E-state index in [1.54, 1.807) is 4.90 Å². The molecule has 114 valence electrons. The third-order valence-corrected chi connectivity index (χ3v) is 4.61. The van der Waals surface area contributed by atoms with Gasteiger partial charge in [0.25, 0.3) is 0 Å². The van der Waals surface area contributed by atoms with Gasteiger partial charge >= 0.3 is 0 Å². The highest BCUT2D eigenvalue weighted by Crippen LogP contribution is 2.25. The summed E-state index contributed by atoms with van der Waals surface area (Å²) < 4.78 is 5.49. The van der Waals surface area contributed by atoms with Gasteiger partial charge in [0.15, 0.2) is 0 Å². The smallest absolute Gasteiger partial charge is 0.248 e. The van der Waals surface area contributed by atoms with E-state index >= 15 is 0 Å². The van der Waals surface area contributed by atoms with Crippen molar-refractivity contribution < 1.29 is 14.3 Å². The minimum absolute atomic E-state index is 0.0202. The van der Waals surface area contributed by atoms with Gasteiger partial charge in [-0.25, -0.2) is 0 Å². The Morgan fingerprint density at radius 3 is 2.70 bits per heavy atom. The molecule has 20 heavy (non-hydrogen) atoms. The lowest BCUT2D eigenvalue weighted by molar-refractivity contribution is -0.156. The number of amides is 2. The van der Waals surface area contributed by atoms with Gasteiger partial charge in [-0.1, -0.05) is 13.8 Å². The zero-order chi connectivity index (χ0) is 14.8. The van der Waals surface area contributed by atoms with Gasteiger partial charge in [-0.15, -0.1) is 0 Å². The van der Waals surface area contributed by atoms with E-state index in [-0.39, 0.29) is 17.9 Å². The second-order valence-electron chi connectivity index (χ2n) is 6.14. The molecule has 2 amide bonds. The summed E-state index contributed by atoms with van der Waals surface area (Å²) in [5.41, 5.74) is -0.752. The number of nitrogens with one attached hydrogen (secondary N) is 1. The second kappa shape index (κ2) is 6.12. The molecule has 5 nitrogen and oxygen atoms in total. The molecular formula is C15H26N2O3. The van der Waals surface area contributed by atoms with E-state index in [0.717, 1.165) is 19.4 Å². The molecule has 0 bridgehead atoms. The van der Waals surface area contributed by atoms with Crippen LogP contribution < -0.4 is 5.32 Å². The molecule has 2 aliphatic rings. The molecule has 2 saturated heterocycles. The average Bonchev–Trinajstić information content (AvgIpc) is 2.46. The molecule has 5 heteroatoms. The lowest BCUT2D eigenvalue weighted by Gasteiger charge is -2.45. The van der Waals surface area contributed by atoms with Crippen molar-refractivity contribution in [2.24, 2.45) is 5.92 Å². The summed E-state index contributed by atoms with van der Waals surface area (Å²) >= 11 is 0. The van der Waals surface area contributed by atoms with Crippen molar-refractivity contribution in [3.63, 3.8) is 0 Å². The van der Waals surface area contributed by atoms with Crippen molar-refractivity contribution in [2.75, 3.05) is 19.8 Å². The zero-order valence-electron chi connectivity index (χ0n) is 12.8. The maximum absolute atomic E-state index is 12.7. The van der Waals surface area contributed by atoms with E-state index in [9.17, 15) is 9.59 Å². The molecule has 2 heterocycles. The van der Waals surface area contributed by atoms with E-state index in [2.05, 4.69) is 5.32 Å². The first-order chi connectivity index (χ1) is 9.51. The zero-order valence-corrected chi connectivity index (χ0v) is 12.8. The third kappa shape index (κ3) is 2.82. The van der Waals surface area contributed by atoms with E-state index in [4.69, 9.17) is 4.74 Å². The van der Waals surface area contributed by atoms with Crippen molar-refractivity contribution in [3.8, 4) is 0 Å². The molecule has 0 aliphatic carbocycles. The minimum Gasteiger partial charge on any atom is -0.381 e. The van der Waals surface area contributed by atoms with E-state index < -0.39 is 5.54 Å². The predicted molar refractivity (Wildman–Crippen MR) is 76.2 cm³/mol. The van der Waals surface area contributed by atoms with Crippen molar-refractivity contribution >= 4 is 11.8 Å². The van der Waals surface area contributed by atoms with Gasteiger partial charge < -0.3 is 15.0 Å². The second-order valence-corrected chi connectivity index (χ2v) is 6.14. The monoisotopic (exact) mass is 282 g/mol. The van der Waals surface area contributed by atoms with E-state index in [0.29, 0.717) is 31.9 Å². The van der Waals surface area contributed by atoms with Crippen LogP contribution in [0.2, 0.25) is 0 Å². The van der Waals surface area contributed by atoms with Gasteiger partial charge in [0.05, 0.1) is 6.61 Å². The van der Waals surface area contributed by atoms with E-state index in [1.807, 2.05) is 20.8 Å². The fourth-order valence-corrected chi connectivity index (χ4v) is 3.09. The molecule has 0 spiro atoms. The number of hydrogen-bond acceptors (Lipinski definition) is 3. The molecule has 3 atom stereocenters. The van der Waals surface area contributed by atoms with Crippen LogP contribution in [0, 0.1) is 5.92 Å². The van der Waals surface area contributed by atoms with Gasteiger partial charge in [0, 0.05) is 13.2 Å². The lowest BCUT2D eigenvalue weighted by Crippen LogP contribution is -2.69. The van der Waals surface area contributed by atoms with Gasteiger partial charge in [0.2, 0.25) is 11.8 Å². The van der Waals surface area contributed by atoms with Crippen LogP contribution in [0.25, 0.3) is 0 Å². The van der Waals surface area contributed by atoms with Crippen LogP contribution in [0.5, 0.6) is 0 Å². The van der Waals surface area contributed by atoms with Gasteiger partial charge in [-0.2, -0.15) is 0 Å². The van der Waals surface area contributed by atoms with Crippen LogP contribution in [0.4, 0.5) is 0 Å². The van der Waals surface area contributed by atoms with Crippen molar-refractivity contribution in [1.82, 2.24) is 10.2 Å². The van der Waals surface area contributed by atoms with Crippen LogP contribution >= 0.6 is 0 Å². The number of carbonyl (C=O) groups excluding carboxylic acids is 2. The van der Waals surface area contributed by atoms with Gasteiger partial charge in [0.1, 0.15) is 11.6 Å². The predicted octanol–water partition coefficient (Wildman–Crippen LogP) is 1.32. The highest BCUT2D eigenvalue weighted by molar-refractivity contribution is 5.99. The number of piperazine rings is 1. The number of carbonyl (C=O) groups is 2. The largest absolute Gasteiger partial charge is 0.381 e. The number of hydrogen-bond donors (Lipinski definition) is 1. The minimum atomic E-state index is -0.752. The summed E-state index contributed by atoms with van der Waals surface area (Å²) in [6.07, 6.45) is 3.39. The van der Waals surface area contributed by atoms with Crippen molar-refractivity contribution in [2.45, 2.75) is 58.0 Å². The molecule has 2 rings (SSSR count). The Bertz CT molecular complexity index is 379. The summed E-state index contributed by atoms with van der Waals surface area (Å²) in [5, 5.41) is 2.90. The average molecular weight is 282 g/mol. The van der Waals surface area contributed by atoms with Crippen LogP contribution in [0.3, 0.4) is 0 Å². The van der Waals surface area contributed by atoms with Crippen LogP contribution in [0.1, 0.15) is 46.5 Å². The number of ether oxygens (including phenoxy) is 1. The standard InChI is InChI=1S/C15H26N2O3/c1-4-12-13(18)16-15(3,5-2)14(19)17(12)9-11-7-6-8-20-10-11/h11-12H,4-10H2,1-3H3,(H,16,18). The molecule has 0 aromatic rings. The summed E-state index contributed by atoms with van der Waals surface area (Å²) in [4.78, 5) is 26.8. The molecule has 0 saturated carbocycles. The maximum atomic E-state index is 12.7. The summed E-state index contributed by atoms with van der Waals surface area (Å²) in [7, 11) is 0. The number of rotatable bonds is 4. The highest BCUT2D eigenvalue weighted by Gasteiger charge is 2.46. The Balaban J connectivity index is 2.15. The highest BCUT2D eigenvalue weighted by atomic mass is 16.5. The first-order valence-corrected chi connectivity index (χ1v) is 7.72. The van der Waals surface area contributed by atoms with Crippen molar-refractivity contribution in [1.29, 1.82) is 0 Å². The molecule has 0 aromatic heterocycles. The van der Waals surface area contributed by atoms with Gasteiger partial charge in [-0.3, -0.25) is 9.59 Å². The molecule has 0 radical (unpaired) electrons. The molecule has 2 fully saturated rings. The Morgan fingerprint density at radius 1 is 1.40 bits per heavy atom. The van der Waals surface area contributed by atoms with Crippen molar-refractivity contribution in [3.05, 3.63) is 0 Å². The van der Waals surface area contributed by atoms with Gasteiger partial charge in [-0.05, 0) is 38.5 Å². The fourth-order valence-electron chi connectivity index (χ4n) is 3.09. The number of nitrogens with zero attached hydrogens (tertiary/aromatic N) is 1. The topological polar surface area (TPSA) is 58.6 Å². The molecule has 1 N–H and O–H groups in total. The quantitative estimate of drug-likeness (QED) is 0.846. The Morgan fingerprint density at radius 2 is 2.15 bits per heavy atom. The Hall–Kier alpha value is -1.10. The Labute approximate surface area is 121 Å². The lowest BCUT2D eigenvalue weighted by atomic mass is 9.89. The maximum Gasteiger partial charge on any atom is 0.248 e. The summed E-state index contributed by atoms with van der Waals surface area (Å²) in [6, 6.07) is -0.330. The molecular weight excluding hydrogens is 256 g/mol. The van der Waals surface area contributed by atoms with Crippen LogP contribution in [-0.2, 0) is 14.3 Å². The third-order valence-electron chi connectivity index (χ3n) is 4.61. The van der Waals surface area contributed by atoms with Crippen LogP contribution in [-0.4, -0.2) is 48.1 Å². The Kier molecular flexibility index (Phi) is 4.68. The van der Waals surface area contributed by atoms with E-state index in [1.165, 1.54) is 0 Å². The molecule has 0 aromatic carbocycles. The first-order valence-electron chi connectivity index (χ1n) is 7.72. The molecule has 2 aliphatic heterocycles. The normalized spacial score (nSPS) is 35.0. The first kappa shape index (κ1) is 15.3. The fraction of sp³-hybridized carbons (Fsp3) is 0.867. The summed E-state index contributed by atoms with van der Waals surface area (Å²) in [6.45, 7) is 7.87.